The van der Waals surface area contributed by atoms with Gasteiger partial charge in [-0.1, -0.05) is 123 Å². The van der Waals surface area contributed by atoms with Crippen LogP contribution in [0.4, 0.5) is 0 Å². The zero-order valence-electron chi connectivity index (χ0n) is 29.1. The van der Waals surface area contributed by atoms with Crippen LogP contribution in [0.1, 0.15) is 25.0 Å². The Kier molecular flexibility index (Phi) is 6.43. The van der Waals surface area contributed by atoms with E-state index in [0.717, 1.165) is 49.8 Å². The molecule has 0 N–H and O–H groups in total. The summed E-state index contributed by atoms with van der Waals surface area (Å²) in [5.41, 5.74) is 11.8. The minimum atomic E-state index is -0.109. The fraction of sp³-hybridized carbons (Fsp3) is 0.0625. The van der Waals surface area contributed by atoms with Crippen molar-refractivity contribution in [2.45, 2.75) is 19.3 Å². The lowest BCUT2D eigenvalue weighted by Crippen LogP contribution is -2.14. The highest BCUT2D eigenvalue weighted by Crippen LogP contribution is 2.53. The molecule has 53 heavy (non-hydrogen) atoms. The molecule has 0 aliphatic heterocycles. The molecular formula is C48H31N3OS. The monoisotopic (exact) mass is 697 g/mol. The number of aromatic nitrogens is 3. The molecule has 1 aliphatic carbocycles. The standard InChI is InChI=1S/C48H31N3OS/c1-48(2)37-19-9-6-16-33(37)42-31(18-12-20-38(42)48)32-24-25-35(43-34-17-7-10-21-39(34)52-44(32)43)47-50-45(28-13-4-3-5-14-28)49-46(51-47)29-23-26-41-36(27-29)30-15-8-11-22-40(30)53-41/h3-27H,1-2H3. The van der Waals surface area contributed by atoms with Crippen LogP contribution in [0.25, 0.3) is 98.5 Å². The van der Waals surface area contributed by atoms with Crippen LogP contribution in [-0.4, -0.2) is 15.0 Å². The maximum absolute atomic E-state index is 6.84. The van der Waals surface area contributed by atoms with Gasteiger partial charge in [0.25, 0.3) is 0 Å². The molecule has 250 valence electrons. The number of hydrogen-bond acceptors (Lipinski definition) is 5. The van der Waals surface area contributed by atoms with Crippen LogP contribution in [0.2, 0.25) is 0 Å². The van der Waals surface area contributed by atoms with Gasteiger partial charge in [0.1, 0.15) is 11.2 Å². The van der Waals surface area contributed by atoms with Gasteiger partial charge in [-0.3, -0.25) is 0 Å². The second-order valence-corrected chi connectivity index (χ2v) is 15.4. The molecule has 0 bridgehead atoms. The number of thiophene rings is 1. The Morgan fingerprint density at radius 3 is 2.02 bits per heavy atom. The van der Waals surface area contributed by atoms with Crippen LogP contribution in [0.3, 0.4) is 0 Å². The maximum atomic E-state index is 6.84. The van der Waals surface area contributed by atoms with Crippen LogP contribution in [0.5, 0.6) is 0 Å². The molecule has 0 amide bonds. The Labute approximate surface area is 310 Å². The molecular weight excluding hydrogens is 667 g/mol. The average molecular weight is 698 g/mol. The first kappa shape index (κ1) is 30.2. The number of nitrogens with zero attached hydrogens (tertiary/aromatic N) is 3. The van der Waals surface area contributed by atoms with Crippen LogP contribution in [0.15, 0.2) is 156 Å². The fourth-order valence-electron chi connectivity index (χ4n) is 8.41. The number of benzene rings is 7. The van der Waals surface area contributed by atoms with Crippen molar-refractivity contribution in [2.75, 3.05) is 0 Å². The van der Waals surface area contributed by atoms with Gasteiger partial charge in [0.2, 0.25) is 0 Å². The molecule has 4 nitrogen and oxygen atoms in total. The average Bonchev–Trinajstić information content (AvgIpc) is 3.86. The molecule has 5 heteroatoms. The molecule has 0 saturated carbocycles. The van der Waals surface area contributed by atoms with E-state index in [0.29, 0.717) is 17.5 Å². The summed E-state index contributed by atoms with van der Waals surface area (Å²) in [4.78, 5) is 15.5. The van der Waals surface area contributed by atoms with E-state index in [1.165, 1.54) is 42.4 Å². The summed E-state index contributed by atoms with van der Waals surface area (Å²) in [5, 5.41) is 4.48. The van der Waals surface area contributed by atoms with Crippen molar-refractivity contribution in [3.8, 4) is 56.4 Å². The minimum Gasteiger partial charge on any atom is -0.455 e. The van der Waals surface area contributed by atoms with Gasteiger partial charge in [-0.15, -0.1) is 11.3 Å². The first-order valence-corrected chi connectivity index (χ1v) is 18.8. The number of fused-ring (bicyclic) bond motifs is 9. The smallest absolute Gasteiger partial charge is 0.164 e. The summed E-state index contributed by atoms with van der Waals surface area (Å²) in [6, 6.07) is 53.4. The molecule has 0 spiro atoms. The molecule has 3 heterocycles. The molecule has 7 aromatic carbocycles. The molecule has 0 atom stereocenters. The summed E-state index contributed by atoms with van der Waals surface area (Å²) in [6.07, 6.45) is 0. The van der Waals surface area contributed by atoms with E-state index >= 15 is 0 Å². The molecule has 0 radical (unpaired) electrons. The molecule has 11 rings (SSSR count). The van der Waals surface area contributed by atoms with Crippen molar-refractivity contribution >= 4 is 53.4 Å². The third kappa shape index (κ3) is 4.51. The van der Waals surface area contributed by atoms with E-state index in [1.807, 2.05) is 41.7 Å². The number of furan rings is 1. The highest BCUT2D eigenvalue weighted by atomic mass is 32.1. The number of para-hydroxylation sites is 1. The SMILES string of the molecule is CC1(C)c2ccccc2-c2c(-c3ccc(-c4nc(-c5ccccc5)nc(-c5ccc6sc7ccccc7c6c5)n4)c4c3oc3ccccc34)cccc21. The first-order valence-electron chi connectivity index (χ1n) is 17.9. The predicted molar refractivity (Wildman–Crippen MR) is 219 cm³/mol. The quantitative estimate of drug-likeness (QED) is 0.184. The van der Waals surface area contributed by atoms with Gasteiger partial charge in [-0.2, -0.15) is 0 Å². The third-order valence-electron chi connectivity index (χ3n) is 11.0. The zero-order valence-corrected chi connectivity index (χ0v) is 29.9. The second-order valence-electron chi connectivity index (χ2n) is 14.3. The zero-order chi connectivity index (χ0) is 35.3. The van der Waals surface area contributed by atoms with E-state index in [4.69, 9.17) is 19.4 Å². The van der Waals surface area contributed by atoms with E-state index in [1.54, 1.807) is 0 Å². The lowest BCUT2D eigenvalue weighted by Gasteiger charge is -2.21. The molecule has 0 fully saturated rings. The summed E-state index contributed by atoms with van der Waals surface area (Å²) in [5.74, 6) is 1.87. The van der Waals surface area contributed by atoms with Crippen LogP contribution < -0.4 is 0 Å². The van der Waals surface area contributed by atoms with E-state index in [9.17, 15) is 0 Å². The van der Waals surface area contributed by atoms with E-state index < -0.39 is 0 Å². The highest BCUT2D eigenvalue weighted by Gasteiger charge is 2.37. The second kappa shape index (κ2) is 11.3. The summed E-state index contributed by atoms with van der Waals surface area (Å²) in [7, 11) is 0. The third-order valence-corrected chi connectivity index (χ3v) is 12.1. The van der Waals surface area contributed by atoms with Gasteiger partial charge in [0, 0.05) is 58.6 Å². The van der Waals surface area contributed by atoms with Gasteiger partial charge < -0.3 is 4.42 Å². The summed E-state index contributed by atoms with van der Waals surface area (Å²) < 4.78 is 9.35. The largest absolute Gasteiger partial charge is 0.455 e. The predicted octanol–water partition coefficient (Wildman–Crippen LogP) is 13.1. The topological polar surface area (TPSA) is 51.8 Å². The summed E-state index contributed by atoms with van der Waals surface area (Å²) in [6.45, 7) is 4.64. The lowest BCUT2D eigenvalue weighted by atomic mass is 9.82. The van der Waals surface area contributed by atoms with Gasteiger partial charge in [0.15, 0.2) is 17.5 Å². The van der Waals surface area contributed by atoms with E-state index in [-0.39, 0.29) is 5.41 Å². The fourth-order valence-corrected chi connectivity index (χ4v) is 9.50. The Bertz CT molecular complexity index is 3100. The molecule has 0 saturated heterocycles. The van der Waals surface area contributed by atoms with Crippen molar-refractivity contribution in [3.05, 3.63) is 163 Å². The van der Waals surface area contributed by atoms with Crippen molar-refractivity contribution < 1.29 is 4.42 Å². The normalized spacial score (nSPS) is 13.2. The van der Waals surface area contributed by atoms with Crippen LogP contribution in [-0.2, 0) is 5.41 Å². The van der Waals surface area contributed by atoms with Gasteiger partial charge in [0.05, 0.1) is 0 Å². The molecule has 10 aromatic rings. The van der Waals surface area contributed by atoms with Crippen LogP contribution in [0, 0.1) is 0 Å². The van der Waals surface area contributed by atoms with Gasteiger partial charge >= 0.3 is 0 Å². The lowest BCUT2D eigenvalue weighted by molar-refractivity contribution is 0.660. The molecule has 1 aliphatic rings. The van der Waals surface area contributed by atoms with Crippen molar-refractivity contribution in [2.24, 2.45) is 0 Å². The number of hydrogen-bond donors (Lipinski definition) is 0. The first-order chi connectivity index (χ1) is 26.0. The van der Waals surface area contributed by atoms with Crippen molar-refractivity contribution in [1.29, 1.82) is 0 Å². The Balaban J connectivity index is 1.17. The van der Waals surface area contributed by atoms with Gasteiger partial charge in [-0.25, -0.2) is 15.0 Å². The Morgan fingerprint density at radius 2 is 1.13 bits per heavy atom. The minimum absolute atomic E-state index is 0.109. The molecule has 0 unspecified atom stereocenters. The maximum Gasteiger partial charge on any atom is 0.164 e. The number of rotatable bonds is 4. The summed E-state index contributed by atoms with van der Waals surface area (Å²) >= 11 is 1.81. The molecule has 3 aromatic heterocycles. The highest BCUT2D eigenvalue weighted by molar-refractivity contribution is 7.25. The van der Waals surface area contributed by atoms with Crippen molar-refractivity contribution in [1.82, 2.24) is 15.0 Å². The van der Waals surface area contributed by atoms with Crippen LogP contribution >= 0.6 is 11.3 Å². The van der Waals surface area contributed by atoms with Crippen molar-refractivity contribution in [3.63, 3.8) is 0 Å². The Morgan fingerprint density at radius 1 is 0.472 bits per heavy atom. The Hall–Kier alpha value is -6.43. The van der Waals surface area contributed by atoms with E-state index in [2.05, 4.69) is 135 Å². The van der Waals surface area contributed by atoms with Gasteiger partial charge in [-0.05, 0) is 70.3 Å².